The van der Waals surface area contributed by atoms with Crippen LogP contribution >= 0.6 is 0 Å². The van der Waals surface area contributed by atoms with E-state index in [9.17, 15) is 4.79 Å². The highest BCUT2D eigenvalue weighted by molar-refractivity contribution is 5.79. The molecule has 0 saturated carbocycles. The Morgan fingerprint density at radius 3 is 2.67 bits per heavy atom. The summed E-state index contributed by atoms with van der Waals surface area (Å²) in [5, 5.41) is 3.31. The Morgan fingerprint density at radius 2 is 2.13 bits per heavy atom. The third kappa shape index (κ3) is 3.56. The van der Waals surface area contributed by atoms with Crippen LogP contribution in [0.3, 0.4) is 0 Å². The van der Waals surface area contributed by atoms with E-state index in [0.29, 0.717) is 12.5 Å². The van der Waals surface area contributed by atoms with Crippen molar-refractivity contribution in [3.8, 4) is 11.8 Å². The van der Waals surface area contributed by atoms with Crippen molar-refractivity contribution in [2.24, 2.45) is 0 Å². The van der Waals surface area contributed by atoms with Gasteiger partial charge in [0.15, 0.2) is 0 Å². The summed E-state index contributed by atoms with van der Waals surface area (Å²) in [7, 11) is 0. The summed E-state index contributed by atoms with van der Waals surface area (Å²) in [6.45, 7) is 6.66. The zero-order valence-electron chi connectivity index (χ0n) is 9.68. The molecule has 0 radical (unpaired) electrons. The van der Waals surface area contributed by atoms with E-state index in [2.05, 4.69) is 17.2 Å². The molecule has 1 N–H and O–H groups in total. The van der Waals surface area contributed by atoms with Gasteiger partial charge in [0.25, 0.3) is 0 Å². The molecular weight excluding hydrogens is 188 g/mol. The lowest BCUT2D eigenvalue weighted by Gasteiger charge is -2.33. The summed E-state index contributed by atoms with van der Waals surface area (Å²) in [6, 6.07) is 0.419. The Hall–Kier alpha value is -1.01. The quantitative estimate of drug-likeness (QED) is 0.702. The number of hydrogen-bond acceptors (Lipinski definition) is 2. The minimum Gasteiger partial charge on any atom is -0.339 e. The fourth-order valence-corrected chi connectivity index (χ4v) is 2.02. The van der Waals surface area contributed by atoms with Crippen molar-refractivity contribution < 1.29 is 4.79 Å². The van der Waals surface area contributed by atoms with E-state index >= 15 is 0 Å². The van der Waals surface area contributed by atoms with Crippen LogP contribution in [0.5, 0.6) is 0 Å². The number of carbonyl (C=O) groups is 1. The molecule has 3 nitrogen and oxygen atoms in total. The highest BCUT2D eigenvalue weighted by Gasteiger charge is 2.22. The van der Waals surface area contributed by atoms with Crippen molar-refractivity contribution in [3.05, 3.63) is 0 Å². The second-order valence-electron chi connectivity index (χ2n) is 3.76. The molecule has 0 bridgehead atoms. The number of nitrogens with zero attached hydrogens (tertiary/aromatic N) is 1. The molecule has 0 aromatic heterocycles. The molecule has 84 valence electrons. The Labute approximate surface area is 92.2 Å². The second-order valence-corrected chi connectivity index (χ2v) is 3.76. The third-order valence-electron chi connectivity index (χ3n) is 2.83. The monoisotopic (exact) mass is 208 g/mol. The van der Waals surface area contributed by atoms with E-state index in [1.807, 2.05) is 11.8 Å². The minimum absolute atomic E-state index is 0.179. The van der Waals surface area contributed by atoms with E-state index < -0.39 is 0 Å². The summed E-state index contributed by atoms with van der Waals surface area (Å²) in [6.07, 6.45) is 2.51. The minimum atomic E-state index is 0.179. The standard InChI is InChI=1S/C12H20N2O/c1-3-5-6-12(15)14(4-2)11-7-9-13-10-8-11/h11,13H,4,6-10H2,1-2H3. The maximum absolute atomic E-state index is 11.8. The van der Waals surface area contributed by atoms with Gasteiger partial charge in [0.2, 0.25) is 5.91 Å². The zero-order valence-corrected chi connectivity index (χ0v) is 9.68. The van der Waals surface area contributed by atoms with E-state index in [-0.39, 0.29) is 5.91 Å². The van der Waals surface area contributed by atoms with Gasteiger partial charge in [0.1, 0.15) is 0 Å². The van der Waals surface area contributed by atoms with E-state index in [4.69, 9.17) is 0 Å². The van der Waals surface area contributed by atoms with Gasteiger partial charge in [-0.25, -0.2) is 0 Å². The lowest BCUT2D eigenvalue weighted by atomic mass is 10.0. The molecule has 1 fully saturated rings. The van der Waals surface area contributed by atoms with Crippen molar-refractivity contribution in [1.82, 2.24) is 10.2 Å². The number of piperidine rings is 1. The molecule has 0 aromatic carbocycles. The number of rotatable bonds is 3. The van der Waals surface area contributed by atoms with Crippen LogP contribution in [-0.2, 0) is 4.79 Å². The van der Waals surface area contributed by atoms with Crippen molar-refractivity contribution in [2.45, 2.75) is 39.2 Å². The maximum atomic E-state index is 11.8. The second kappa shape index (κ2) is 6.47. The molecule has 1 rings (SSSR count). The van der Waals surface area contributed by atoms with Crippen LogP contribution in [0.25, 0.3) is 0 Å². The van der Waals surface area contributed by atoms with Crippen molar-refractivity contribution in [2.75, 3.05) is 19.6 Å². The normalized spacial score (nSPS) is 16.7. The number of amides is 1. The van der Waals surface area contributed by atoms with Crippen LogP contribution < -0.4 is 5.32 Å². The van der Waals surface area contributed by atoms with Crippen LogP contribution in [0.1, 0.15) is 33.1 Å². The highest BCUT2D eigenvalue weighted by Crippen LogP contribution is 2.12. The summed E-state index contributed by atoms with van der Waals surface area (Å²) >= 11 is 0. The third-order valence-corrected chi connectivity index (χ3v) is 2.83. The molecule has 1 amide bonds. The molecule has 3 heteroatoms. The van der Waals surface area contributed by atoms with Crippen LogP contribution in [0.2, 0.25) is 0 Å². The molecule has 1 aliphatic heterocycles. The van der Waals surface area contributed by atoms with E-state index in [0.717, 1.165) is 32.5 Å². The van der Waals surface area contributed by atoms with Crippen LogP contribution in [0.15, 0.2) is 0 Å². The Balaban J connectivity index is 2.51. The predicted octanol–water partition coefficient (Wildman–Crippen LogP) is 1.00. The number of carbonyl (C=O) groups excluding carboxylic acids is 1. The average molecular weight is 208 g/mol. The smallest absolute Gasteiger partial charge is 0.234 e. The van der Waals surface area contributed by atoms with Crippen LogP contribution in [0, 0.1) is 11.8 Å². The van der Waals surface area contributed by atoms with Gasteiger partial charge in [-0.05, 0) is 39.8 Å². The van der Waals surface area contributed by atoms with E-state index in [1.54, 1.807) is 6.92 Å². The molecular formula is C12H20N2O. The maximum Gasteiger partial charge on any atom is 0.234 e. The van der Waals surface area contributed by atoms with Crippen molar-refractivity contribution >= 4 is 5.91 Å². The first-order chi connectivity index (χ1) is 7.29. The summed E-state index contributed by atoms with van der Waals surface area (Å²) < 4.78 is 0. The summed E-state index contributed by atoms with van der Waals surface area (Å²) in [5.74, 6) is 5.80. The lowest BCUT2D eigenvalue weighted by molar-refractivity contribution is -0.132. The highest BCUT2D eigenvalue weighted by atomic mass is 16.2. The molecule has 1 saturated heterocycles. The van der Waals surface area contributed by atoms with Gasteiger partial charge in [-0.3, -0.25) is 4.79 Å². The predicted molar refractivity (Wildman–Crippen MR) is 61.3 cm³/mol. The van der Waals surface area contributed by atoms with Gasteiger partial charge in [-0.15, -0.1) is 5.92 Å². The molecule has 15 heavy (non-hydrogen) atoms. The van der Waals surface area contributed by atoms with Gasteiger partial charge in [0, 0.05) is 12.6 Å². The fourth-order valence-electron chi connectivity index (χ4n) is 2.02. The van der Waals surface area contributed by atoms with Gasteiger partial charge < -0.3 is 10.2 Å². The average Bonchev–Trinajstić information content (AvgIpc) is 2.29. The summed E-state index contributed by atoms with van der Waals surface area (Å²) in [5.41, 5.74) is 0. The Bertz CT molecular complexity index is 259. The Morgan fingerprint density at radius 1 is 1.47 bits per heavy atom. The van der Waals surface area contributed by atoms with Gasteiger partial charge >= 0.3 is 0 Å². The Kier molecular flexibility index (Phi) is 5.20. The SMILES string of the molecule is CC#CCC(=O)N(CC)C1CCNCC1. The first-order valence-electron chi connectivity index (χ1n) is 5.69. The molecule has 0 unspecified atom stereocenters. The van der Waals surface area contributed by atoms with Gasteiger partial charge in [-0.2, -0.15) is 0 Å². The molecule has 0 spiro atoms. The molecule has 1 aliphatic rings. The van der Waals surface area contributed by atoms with Gasteiger partial charge in [0.05, 0.1) is 6.42 Å². The first kappa shape index (κ1) is 12.1. The van der Waals surface area contributed by atoms with Crippen LogP contribution in [0.4, 0.5) is 0 Å². The molecule has 0 atom stereocenters. The molecule has 1 heterocycles. The fraction of sp³-hybridized carbons (Fsp3) is 0.750. The lowest BCUT2D eigenvalue weighted by Crippen LogP contribution is -2.45. The van der Waals surface area contributed by atoms with Crippen molar-refractivity contribution in [1.29, 1.82) is 0 Å². The van der Waals surface area contributed by atoms with Crippen molar-refractivity contribution in [3.63, 3.8) is 0 Å². The largest absolute Gasteiger partial charge is 0.339 e. The molecule has 0 aliphatic carbocycles. The topological polar surface area (TPSA) is 32.3 Å². The number of nitrogens with one attached hydrogen (secondary N) is 1. The molecule has 0 aromatic rings. The van der Waals surface area contributed by atoms with E-state index in [1.165, 1.54) is 0 Å². The number of hydrogen-bond donors (Lipinski definition) is 1. The summed E-state index contributed by atoms with van der Waals surface area (Å²) in [4.78, 5) is 13.8. The van der Waals surface area contributed by atoms with Gasteiger partial charge in [-0.1, -0.05) is 5.92 Å². The first-order valence-corrected chi connectivity index (χ1v) is 5.69. The van der Waals surface area contributed by atoms with Crippen LogP contribution in [-0.4, -0.2) is 36.5 Å². The zero-order chi connectivity index (χ0) is 11.1.